The fourth-order valence-corrected chi connectivity index (χ4v) is 1.59. The van der Waals surface area contributed by atoms with Crippen molar-refractivity contribution in [2.24, 2.45) is 5.73 Å². The zero-order valence-electron chi connectivity index (χ0n) is 13.7. The molecule has 0 radical (unpaired) electrons. The molecule has 0 spiro atoms. The zero-order chi connectivity index (χ0) is 19.7. The number of hydrogen-bond acceptors (Lipinski definition) is 7. The molecular formula is C13H22N4O8. The van der Waals surface area contributed by atoms with E-state index in [2.05, 4.69) is 10.6 Å². The molecule has 3 amide bonds. The van der Waals surface area contributed by atoms with Gasteiger partial charge in [0, 0.05) is 0 Å². The third-order valence-electron chi connectivity index (χ3n) is 2.91. The van der Waals surface area contributed by atoms with Crippen LogP contribution in [0.25, 0.3) is 0 Å². The topological polar surface area (TPSA) is 208 Å². The summed E-state index contributed by atoms with van der Waals surface area (Å²) in [6.07, 6.45) is -2.29. The number of nitrogens with two attached hydrogens (primary N) is 1. The Bertz CT molecular complexity index is 534. The fraction of sp³-hybridized carbons (Fsp3) is 0.615. The van der Waals surface area contributed by atoms with Gasteiger partial charge in [-0.25, -0.2) is 4.79 Å². The molecule has 0 saturated carbocycles. The third-order valence-corrected chi connectivity index (χ3v) is 2.91. The van der Waals surface area contributed by atoms with Crippen LogP contribution in [0.2, 0.25) is 0 Å². The summed E-state index contributed by atoms with van der Waals surface area (Å²) in [5.41, 5.74) is 5.29. The van der Waals surface area contributed by atoms with Gasteiger partial charge in [-0.2, -0.15) is 0 Å². The van der Waals surface area contributed by atoms with E-state index in [1.54, 1.807) is 0 Å². The molecule has 142 valence electrons. The van der Waals surface area contributed by atoms with E-state index in [4.69, 9.17) is 15.9 Å². The molecule has 25 heavy (non-hydrogen) atoms. The molecule has 0 aliphatic heterocycles. The molecule has 8 N–H and O–H groups in total. The van der Waals surface area contributed by atoms with Gasteiger partial charge in [0.2, 0.25) is 17.7 Å². The number of nitrogens with one attached hydrogen (secondary N) is 3. The fourth-order valence-electron chi connectivity index (χ4n) is 1.59. The summed E-state index contributed by atoms with van der Waals surface area (Å²) in [6, 6.07) is -4.13. The lowest BCUT2D eigenvalue weighted by atomic mass is 10.1. The van der Waals surface area contributed by atoms with Crippen LogP contribution in [0, 0.1) is 0 Å². The minimum absolute atomic E-state index is 0.519. The molecule has 12 nitrogen and oxygen atoms in total. The molecule has 0 aliphatic rings. The van der Waals surface area contributed by atoms with Gasteiger partial charge in [-0.15, -0.1) is 0 Å². The molecule has 0 fully saturated rings. The molecule has 12 heteroatoms. The number of carboxylic acid groups (broad SMARTS) is 2. The zero-order valence-corrected chi connectivity index (χ0v) is 13.7. The molecule has 0 aromatic rings. The SMILES string of the molecule is CC(N)C(=O)NCC(=O)NC(C(=O)NC(CC(=O)O)C(=O)O)C(C)O. The summed E-state index contributed by atoms with van der Waals surface area (Å²) < 4.78 is 0. The Morgan fingerprint density at radius 2 is 1.56 bits per heavy atom. The van der Waals surface area contributed by atoms with Gasteiger partial charge >= 0.3 is 11.9 Å². The molecule has 0 rings (SSSR count). The van der Waals surface area contributed by atoms with E-state index in [9.17, 15) is 29.1 Å². The smallest absolute Gasteiger partial charge is 0.326 e. The minimum Gasteiger partial charge on any atom is -0.481 e. The first-order chi connectivity index (χ1) is 11.5. The summed E-state index contributed by atoms with van der Waals surface area (Å²) >= 11 is 0. The average molecular weight is 362 g/mol. The first-order valence-corrected chi connectivity index (χ1v) is 7.21. The Balaban J connectivity index is 4.83. The van der Waals surface area contributed by atoms with E-state index in [0.29, 0.717) is 0 Å². The largest absolute Gasteiger partial charge is 0.481 e. The average Bonchev–Trinajstić information content (AvgIpc) is 2.48. The standard InChI is InChI=1S/C13H22N4O8/c1-5(14)11(22)15-4-8(19)17-10(6(2)18)12(23)16-7(13(24)25)3-9(20)21/h5-7,10,18H,3-4,14H2,1-2H3,(H,15,22)(H,16,23)(H,17,19)(H,20,21)(H,24,25). The first kappa shape index (κ1) is 22.3. The Labute approximate surface area is 142 Å². The predicted molar refractivity (Wildman–Crippen MR) is 82.1 cm³/mol. The van der Waals surface area contributed by atoms with Crippen molar-refractivity contribution in [3.8, 4) is 0 Å². The van der Waals surface area contributed by atoms with Gasteiger partial charge in [-0.3, -0.25) is 19.2 Å². The summed E-state index contributed by atoms with van der Waals surface area (Å²) in [5.74, 6) is -5.57. The highest BCUT2D eigenvalue weighted by Crippen LogP contribution is 1.98. The molecular weight excluding hydrogens is 340 g/mol. The maximum atomic E-state index is 12.0. The van der Waals surface area contributed by atoms with E-state index in [1.807, 2.05) is 5.32 Å². The van der Waals surface area contributed by atoms with Crippen LogP contribution in [0.5, 0.6) is 0 Å². The Morgan fingerprint density at radius 1 is 1.00 bits per heavy atom. The van der Waals surface area contributed by atoms with Crippen molar-refractivity contribution >= 4 is 29.7 Å². The molecule has 0 saturated heterocycles. The van der Waals surface area contributed by atoms with Crippen LogP contribution in [-0.2, 0) is 24.0 Å². The van der Waals surface area contributed by atoms with Crippen LogP contribution in [0.15, 0.2) is 0 Å². The van der Waals surface area contributed by atoms with E-state index in [-0.39, 0.29) is 0 Å². The van der Waals surface area contributed by atoms with Crippen molar-refractivity contribution in [1.82, 2.24) is 16.0 Å². The lowest BCUT2D eigenvalue weighted by Crippen LogP contribution is -2.57. The van der Waals surface area contributed by atoms with Crippen LogP contribution in [0.1, 0.15) is 20.3 Å². The lowest BCUT2D eigenvalue weighted by Gasteiger charge is -2.23. The van der Waals surface area contributed by atoms with E-state index < -0.39 is 66.9 Å². The summed E-state index contributed by atoms with van der Waals surface area (Å²) in [4.78, 5) is 56.5. The molecule has 0 bridgehead atoms. The highest BCUT2D eigenvalue weighted by Gasteiger charge is 2.30. The van der Waals surface area contributed by atoms with Crippen molar-refractivity contribution in [3.05, 3.63) is 0 Å². The van der Waals surface area contributed by atoms with Gasteiger partial charge in [-0.05, 0) is 13.8 Å². The summed E-state index contributed by atoms with van der Waals surface area (Å²) in [6.45, 7) is 2.04. The van der Waals surface area contributed by atoms with Gasteiger partial charge in [0.05, 0.1) is 25.1 Å². The second-order valence-electron chi connectivity index (χ2n) is 5.29. The highest BCUT2D eigenvalue weighted by atomic mass is 16.4. The number of aliphatic carboxylic acids is 2. The number of rotatable bonds is 10. The van der Waals surface area contributed by atoms with Gasteiger partial charge < -0.3 is 37.0 Å². The predicted octanol–water partition coefficient (Wildman–Crippen LogP) is -3.64. The Hall–Kier alpha value is -2.73. The molecule has 4 atom stereocenters. The minimum atomic E-state index is -1.74. The Morgan fingerprint density at radius 3 is 1.96 bits per heavy atom. The molecule has 0 aromatic heterocycles. The van der Waals surface area contributed by atoms with Crippen LogP contribution in [0.3, 0.4) is 0 Å². The molecule has 4 unspecified atom stereocenters. The number of aliphatic hydroxyl groups excluding tert-OH is 1. The van der Waals surface area contributed by atoms with Crippen molar-refractivity contribution < 1.29 is 39.3 Å². The second kappa shape index (κ2) is 10.2. The maximum Gasteiger partial charge on any atom is 0.326 e. The van der Waals surface area contributed by atoms with Crippen molar-refractivity contribution in [3.63, 3.8) is 0 Å². The van der Waals surface area contributed by atoms with Crippen LogP contribution in [0.4, 0.5) is 0 Å². The lowest BCUT2D eigenvalue weighted by molar-refractivity contribution is -0.147. The number of aliphatic hydroxyl groups is 1. The van der Waals surface area contributed by atoms with E-state index >= 15 is 0 Å². The third kappa shape index (κ3) is 8.62. The normalized spacial score (nSPS) is 15.2. The number of carboxylic acids is 2. The van der Waals surface area contributed by atoms with E-state index in [0.717, 1.165) is 6.92 Å². The van der Waals surface area contributed by atoms with Crippen molar-refractivity contribution in [1.29, 1.82) is 0 Å². The summed E-state index contributed by atoms with van der Waals surface area (Å²) in [7, 11) is 0. The van der Waals surface area contributed by atoms with Gasteiger partial charge in [0.15, 0.2) is 0 Å². The Kier molecular flexibility index (Phi) is 9.09. The second-order valence-corrected chi connectivity index (χ2v) is 5.29. The van der Waals surface area contributed by atoms with Crippen LogP contribution >= 0.6 is 0 Å². The van der Waals surface area contributed by atoms with Gasteiger partial charge in [-0.1, -0.05) is 0 Å². The molecule has 0 aromatic carbocycles. The molecule has 0 heterocycles. The van der Waals surface area contributed by atoms with Crippen molar-refractivity contribution in [2.75, 3.05) is 6.54 Å². The summed E-state index contributed by atoms with van der Waals surface area (Å²) in [5, 5.41) is 33.3. The van der Waals surface area contributed by atoms with Gasteiger partial charge in [0.25, 0.3) is 0 Å². The van der Waals surface area contributed by atoms with E-state index in [1.165, 1.54) is 6.92 Å². The highest BCUT2D eigenvalue weighted by molar-refractivity contribution is 5.93. The van der Waals surface area contributed by atoms with Gasteiger partial charge in [0.1, 0.15) is 12.1 Å². The first-order valence-electron chi connectivity index (χ1n) is 7.21. The van der Waals surface area contributed by atoms with Crippen molar-refractivity contribution in [2.45, 2.75) is 44.5 Å². The monoisotopic (exact) mass is 362 g/mol. The maximum absolute atomic E-state index is 12.0. The number of hydrogen-bond donors (Lipinski definition) is 7. The number of amides is 3. The molecule has 0 aliphatic carbocycles. The number of carbonyl (C=O) groups is 5. The van der Waals surface area contributed by atoms with Crippen LogP contribution in [-0.4, -0.2) is 75.8 Å². The quantitative estimate of drug-likeness (QED) is 0.204. The number of carbonyl (C=O) groups excluding carboxylic acids is 3. The van der Waals surface area contributed by atoms with Crippen LogP contribution < -0.4 is 21.7 Å².